The molecule has 0 saturated heterocycles. The Morgan fingerprint density at radius 1 is 1.24 bits per heavy atom. The quantitative estimate of drug-likeness (QED) is 0.885. The first kappa shape index (κ1) is 13.9. The second kappa shape index (κ2) is 6.18. The lowest BCUT2D eigenvalue weighted by molar-refractivity contribution is 0.174. The van der Waals surface area contributed by atoms with E-state index in [-0.39, 0.29) is 0 Å². The fraction of sp³-hybridized carbons (Fsp3) is 0.438. The number of nitrogens with one attached hydrogen (secondary N) is 1. The molecule has 1 aliphatic rings. The molecule has 0 fully saturated rings. The normalized spacial score (nSPS) is 14.4. The van der Waals surface area contributed by atoms with Crippen molar-refractivity contribution in [1.29, 1.82) is 0 Å². The third-order valence-corrected chi connectivity index (χ3v) is 3.61. The minimum Gasteiger partial charge on any atom is -0.454 e. The summed E-state index contributed by atoms with van der Waals surface area (Å²) in [7, 11) is 0. The van der Waals surface area contributed by atoms with Gasteiger partial charge in [0.05, 0.1) is 5.69 Å². The van der Waals surface area contributed by atoms with Gasteiger partial charge in [0.1, 0.15) is 5.76 Å². The molecule has 0 saturated carbocycles. The number of aromatic nitrogens is 1. The average molecular weight is 288 g/mol. The number of hydrogen-bond acceptors (Lipinski definition) is 5. The molecule has 3 rings (SSSR count). The molecular weight excluding hydrogens is 268 g/mol. The van der Waals surface area contributed by atoms with E-state index in [0.29, 0.717) is 12.8 Å². The molecule has 5 heteroatoms. The molecule has 112 valence electrons. The third kappa shape index (κ3) is 3.55. The summed E-state index contributed by atoms with van der Waals surface area (Å²) in [6, 6.07) is 8.51. The van der Waals surface area contributed by atoms with Crippen molar-refractivity contribution in [3.8, 4) is 11.5 Å². The zero-order chi connectivity index (χ0) is 14.7. The Balaban J connectivity index is 1.46. The lowest BCUT2D eigenvalue weighted by Gasteiger charge is -2.12. The smallest absolute Gasteiger partial charge is 0.231 e. The van der Waals surface area contributed by atoms with Crippen LogP contribution in [-0.4, -0.2) is 18.0 Å². The molecule has 0 aliphatic carbocycles. The van der Waals surface area contributed by atoms with Crippen LogP contribution in [0.3, 0.4) is 0 Å². The van der Waals surface area contributed by atoms with Gasteiger partial charge in [0, 0.05) is 18.7 Å². The van der Waals surface area contributed by atoms with Gasteiger partial charge in [0.25, 0.3) is 0 Å². The highest BCUT2D eigenvalue weighted by Crippen LogP contribution is 2.32. The fourth-order valence-electron chi connectivity index (χ4n) is 2.36. The summed E-state index contributed by atoms with van der Waals surface area (Å²) in [4.78, 5) is 0. The van der Waals surface area contributed by atoms with Crippen molar-refractivity contribution in [3.05, 3.63) is 41.3 Å². The number of rotatable bonds is 6. The van der Waals surface area contributed by atoms with Crippen LogP contribution in [0.15, 0.2) is 28.8 Å². The standard InChI is InChI=1S/C16H20N2O3/c1-11(17-9-14-7-12(2)21-18-14)3-4-13-5-6-15-16(8-13)20-10-19-15/h5-8,11,17H,3-4,9-10H2,1-2H3. The van der Waals surface area contributed by atoms with Crippen LogP contribution in [0, 0.1) is 6.92 Å². The summed E-state index contributed by atoms with van der Waals surface area (Å²) in [6.45, 7) is 5.15. The van der Waals surface area contributed by atoms with Crippen molar-refractivity contribution >= 4 is 0 Å². The van der Waals surface area contributed by atoms with E-state index in [1.807, 2.05) is 19.1 Å². The molecule has 1 N–H and O–H groups in total. The zero-order valence-electron chi connectivity index (χ0n) is 12.4. The maximum atomic E-state index is 5.40. The molecule has 1 unspecified atom stereocenters. The molecular formula is C16H20N2O3. The lowest BCUT2D eigenvalue weighted by atomic mass is 10.1. The maximum absolute atomic E-state index is 5.40. The Kier molecular flexibility index (Phi) is 4.10. The van der Waals surface area contributed by atoms with Crippen LogP contribution in [0.4, 0.5) is 0 Å². The van der Waals surface area contributed by atoms with Crippen molar-refractivity contribution < 1.29 is 14.0 Å². The number of benzene rings is 1. The first-order valence-electron chi connectivity index (χ1n) is 7.25. The van der Waals surface area contributed by atoms with Crippen LogP contribution in [0.25, 0.3) is 0 Å². The lowest BCUT2D eigenvalue weighted by Crippen LogP contribution is -2.26. The highest BCUT2D eigenvalue weighted by Gasteiger charge is 2.13. The van der Waals surface area contributed by atoms with Crippen LogP contribution < -0.4 is 14.8 Å². The number of nitrogens with zero attached hydrogens (tertiary/aromatic N) is 1. The minimum atomic E-state index is 0.327. The molecule has 1 aliphatic heterocycles. The molecule has 0 bridgehead atoms. The predicted molar refractivity (Wildman–Crippen MR) is 78.4 cm³/mol. The Hall–Kier alpha value is -2.01. The summed E-state index contributed by atoms with van der Waals surface area (Å²) < 4.78 is 15.8. The Morgan fingerprint density at radius 3 is 2.90 bits per heavy atom. The summed E-state index contributed by atoms with van der Waals surface area (Å²) in [5.41, 5.74) is 2.22. The van der Waals surface area contributed by atoms with Gasteiger partial charge in [-0.05, 0) is 44.4 Å². The van der Waals surface area contributed by atoms with Crippen LogP contribution in [0.1, 0.15) is 30.4 Å². The van der Waals surface area contributed by atoms with Gasteiger partial charge in [0.2, 0.25) is 6.79 Å². The van der Waals surface area contributed by atoms with Gasteiger partial charge in [-0.3, -0.25) is 0 Å². The van der Waals surface area contributed by atoms with E-state index in [1.165, 1.54) is 5.56 Å². The number of ether oxygens (including phenoxy) is 2. The van der Waals surface area contributed by atoms with Crippen molar-refractivity contribution in [2.45, 2.75) is 39.3 Å². The third-order valence-electron chi connectivity index (χ3n) is 3.61. The largest absolute Gasteiger partial charge is 0.454 e. The van der Waals surface area contributed by atoms with Crippen LogP contribution in [0.2, 0.25) is 0 Å². The van der Waals surface area contributed by atoms with E-state index in [9.17, 15) is 0 Å². The van der Waals surface area contributed by atoms with Gasteiger partial charge < -0.3 is 19.3 Å². The summed E-state index contributed by atoms with van der Waals surface area (Å²) in [5.74, 6) is 2.54. The number of hydrogen-bond donors (Lipinski definition) is 1. The highest BCUT2D eigenvalue weighted by molar-refractivity contribution is 5.44. The monoisotopic (exact) mass is 288 g/mol. The van der Waals surface area contributed by atoms with E-state index >= 15 is 0 Å². The van der Waals surface area contributed by atoms with E-state index < -0.39 is 0 Å². The summed E-state index contributed by atoms with van der Waals surface area (Å²) in [6.07, 6.45) is 2.05. The highest BCUT2D eigenvalue weighted by atomic mass is 16.7. The molecule has 2 aromatic rings. The second-order valence-corrected chi connectivity index (χ2v) is 5.44. The summed E-state index contributed by atoms with van der Waals surface area (Å²) in [5, 5.41) is 7.43. The Bertz CT molecular complexity index is 609. The molecule has 1 aromatic carbocycles. The minimum absolute atomic E-state index is 0.327. The zero-order valence-corrected chi connectivity index (χ0v) is 12.4. The molecule has 2 heterocycles. The Labute approximate surface area is 124 Å². The fourth-order valence-corrected chi connectivity index (χ4v) is 2.36. The van der Waals surface area contributed by atoms with Gasteiger partial charge in [0.15, 0.2) is 11.5 Å². The molecule has 5 nitrogen and oxygen atoms in total. The molecule has 0 spiro atoms. The number of fused-ring (bicyclic) bond motifs is 1. The van der Waals surface area contributed by atoms with E-state index in [4.69, 9.17) is 14.0 Å². The first-order chi connectivity index (χ1) is 10.2. The summed E-state index contributed by atoms with van der Waals surface area (Å²) >= 11 is 0. The molecule has 0 amide bonds. The van der Waals surface area contributed by atoms with Crippen molar-refractivity contribution in [1.82, 2.24) is 10.5 Å². The topological polar surface area (TPSA) is 56.5 Å². The Morgan fingerprint density at radius 2 is 2.10 bits per heavy atom. The first-order valence-corrected chi connectivity index (χ1v) is 7.25. The molecule has 21 heavy (non-hydrogen) atoms. The predicted octanol–water partition coefficient (Wildman–Crippen LogP) is 2.82. The average Bonchev–Trinajstić information content (AvgIpc) is 3.10. The second-order valence-electron chi connectivity index (χ2n) is 5.44. The van der Waals surface area contributed by atoms with Crippen LogP contribution in [-0.2, 0) is 13.0 Å². The maximum Gasteiger partial charge on any atom is 0.231 e. The van der Waals surface area contributed by atoms with E-state index in [0.717, 1.165) is 42.3 Å². The van der Waals surface area contributed by atoms with Gasteiger partial charge in [-0.25, -0.2) is 0 Å². The van der Waals surface area contributed by atoms with E-state index in [2.05, 4.69) is 29.5 Å². The van der Waals surface area contributed by atoms with Gasteiger partial charge in [-0.1, -0.05) is 11.2 Å². The van der Waals surface area contributed by atoms with Crippen LogP contribution >= 0.6 is 0 Å². The van der Waals surface area contributed by atoms with Gasteiger partial charge in [-0.2, -0.15) is 0 Å². The molecule has 0 radical (unpaired) electrons. The SMILES string of the molecule is Cc1cc(CNC(C)CCc2ccc3c(c2)OCO3)no1. The van der Waals surface area contributed by atoms with Gasteiger partial charge in [-0.15, -0.1) is 0 Å². The van der Waals surface area contributed by atoms with Crippen LogP contribution in [0.5, 0.6) is 11.5 Å². The number of aryl methyl sites for hydroxylation is 2. The van der Waals surface area contributed by atoms with E-state index in [1.54, 1.807) is 0 Å². The van der Waals surface area contributed by atoms with Gasteiger partial charge >= 0.3 is 0 Å². The molecule has 1 aromatic heterocycles. The van der Waals surface area contributed by atoms with Crippen molar-refractivity contribution in [2.75, 3.05) is 6.79 Å². The molecule has 1 atom stereocenters. The van der Waals surface area contributed by atoms with Crippen molar-refractivity contribution in [3.63, 3.8) is 0 Å². The van der Waals surface area contributed by atoms with Crippen molar-refractivity contribution in [2.24, 2.45) is 0 Å².